The molecule has 0 saturated carbocycles. The fourth-order valence-electron chi connectivity index (χ4n) is 3.75. The van der Waals surface area contributed by atoms with Gasteiger partial charge in [-0.25, -0.2) is 14.8 Å². The predicted octanol–water partition coefficient (Wildman–Crippen LogP) is 3.52. The van der Waals surface area contributed by atoms with Gasteiger partial charge < -0.3 is 16.7 Å². The smallest absolute Gasteiger partial charge is 1.00 e. The van der Waals surface area contributed by atoms with Crippen molar-refractivity contribution in [2.24, 2.45) is 0 Å². The van der Waals surface area contributed by atoms with Crippen molar-refractivity contribution in [2.45, 2.75) is 19.0 Å². The van der Waals surface area contributed by atoms with Crippen LogP contribution in [-0.2, 0) is 11.3 Å². The Bertz CT molecular complexity index is 1410. The summed E-state index contributed by atoms with van der Waals surface area (Å²) in [6.07, 6.45) is 6.98. The quantitative estimate of drug-likeness (QED) is 0.283. The molecule has 0 saturated heterocycles. The SMILES string of the molecule is O=C(NC(C/C=C/c1ccc(N(Cc2ccccc2)c2ncccn2)cc1)C(=O)O)c1c(Cl)cccc1Cl.[H-].[Na+]. The van der Waals surface area contributed by atoms with Gasteiger partial charge in [0.15, 0.2) is 0 Å². The Kier molecular flexibility index (Phi) is 11.5. The molecule has 0 bridgehead atoms. The summed E-state index contributed by atoms with van der Waals surface area (Å²) in [5.74, 6) is -1.23. The number of carboxylic acid groups (broad SMARTS) is 1. The molecule has 0 spiro atoms. The summed E-state index contributed by atoms with van der Waals surface area (Å²) in [5.41, 5.74) is 2.93. The second-order valence-corrected chi connectivity index (χ2v) is 9.13. The van der Waals surface area contributed by atoms with Crippen molar-refractivity contribution in [2.75, 3.05) is 4.90 Å². The van der Waals surface area contributed by atoms with Crippen LogP contribution in [0, 0.1) is 0 Å². The molecule has 10 heteroatoms. The van der Waals surface area contributed by atoms with E-state index in [4.69, 9.17) is 23.2 Å². The molecule has 194 valence electrons. The van der Waals surface area contributed by atoms with Crippen molar-refractivity contribution in [3.8, 4) is 0 Å². The van der Waals surface area contributed by atoms with Crippen LogP contribution in [0.5, 0.6) is 0 Å². The number of carboxylic acids is 1. The van der Waals surface area contributed by atoms with Gasteiger partial charge in [-0.1, -0.05) is 83.9 Å². The van der Waals surface area contributed by atoms with Crippen LogP contribution in [0.1, 0.15) is 29.3 Å². The molecule has 0 aliphatic carbocycles. The van der Waals surface area contributed by atoms with E-state index in [1.165, 1.54) is 12.1 Å². The van der Waals surface area contributed by atoms with Crippen LogP contribution < -0.4 is 39.8 Å². The third kappa shape index (κ3) is 8.39. The van der Waals surface area contributed by atoms with E-state index < -0.39 is 17.9 Å². The van der Waals surface area contributed by atoms with Gasteiger partial charge in [0.25, 0.3) is 5.91 Å². The van der Waals surface area contributed by atoms with Crippen LogP contribution in [0.4, 0.5) is 11.6 Å². The van der Waals surface area contributed by atoms with Crippen molar-refractivity contribution in [1.82, 2.24) is 15.3 Å². The van der Waals surface area contributed by atoms with Gasteiger partial charge in [0.05, 0.1) is 22.2 Å². The Labute approximate surface area is 260 Å². The first-order chi connectivity index (χ1) is 18.4. The van der Waals surface area contributed by atoms with Crippen molar-refractivity contribution in [3.63, 3.8) is 0 Å². The molecule has 1 aromatic heterocycles. The molecule has 0 radical (unpaired) electrons. The molecule has 4 aromatic rings. The third-order valence-electron chi connectivity index (χ3n) is 5.66. The van der Waals surface area contributed by atoms with E-state index in [-0.39, 0.29) is 53.0 Å². The van der Waals surface area contributed by atoms with Gasteiger partial charge in [0.1, 0.15) is 6.04 Å². The summed E-state index contributed by atoms with van der Waals surface area (Å²) >= 11 is 12.1. The van der Waals surface area contributed by atoms with Crippen molar-refractivity contribution in [1.29, 1.82) is 0 Å². The molecule has 0 aliphatic rings. The van der Waals surface area contributed by atoms with E-state index in [0.29, 0.717) is 12.5 Å². The summed E-state index contributed by atoms with van der Waals surface area (Å²) in [6, 6.07) is 23.1. The average molecular weight is 571 g/mol. The number of hydrogen-bond acceptors (Lipinski definition) is 5. The van der Waals surface area contributed by atoms with Gasteiger partial charge in [-0.05, 0) is 47.9 Å². The van der Waals surface area contributed by atoms with Crippen LogP contribution in [0.25, 0.3) is 6.08 Å². The fourth-order valence-corrected chi connectivity index (χ4v) is 4.32. The number of aromatic nitrogens is 2. The number of nitrogens with one attached hydrogen (secondary N) is 1. The number of carbonyl (C=O) groups is 2. The number of amides is 1. The topological polar surface area (TPSA) is 95.4 Å². The zero-order valence-electron chi connectivity index (χ0n) is 22.2. The van der Waals surface area contributed by atoms with Crippen molar-refractivity contribution < 1.29 is 45.7 Å². The van der Waals surface area contributed by atoms with Gasteiger partial charge >= 0.3 is 35.5 Å². The minimum Gasteiger partial charge on any atom is -1.00 e. The van der Waals surface area contributed by atoms with Gasteiger partial charge in [0, 0.05) is 18.1 Å². The minimum absolute atomic E-state index is 0. The molecule has 0 fully saturated rings. The molecule has 1 atom stereocenters. The van der Waals surface area contributed by atoms with E-state index >= 15 is 0 Å². The number of hydrogen-bond donors (Lipinski definition) is 2. The monoisotopic (exact) mass is 570 g/mol. The normalized spacial score (nSPS) is 11.4. The fraction of sp³-hybridized carbons (Fsp3) is 0.103. The number of benzene rings is 3. The van der Waals surface area contributed by atoms with E-state index in [1.807, 2.05) is 59.5 Å². The van der Waals surface area contributed by atoms with Crippen molar-refractivity contribution in [3.05, 3.63) is 124 Å². The zero-order chi connectivity index (χ0) is 26.9. The number of anilines is 2. The molecular formula is C29H25Cl2N4NaO3. The summed E-state index contributed by atoms with van der Waals surface area (Å²) in [4.78, 5) is 35.2. The number of nitrogens with zero attached hydrogens (tertiary/aromatic N) is 3. The van der Waals surface area contributed by atoms with Crippen LogP contribution >= 0.6 is 23.2 Å². The average Bonchev–Trinajstić information content (AvgIpc) is 2.92. The van der Waals surface area contributed by atoms with Crippen LogP contribution in [-0.4, -0.2) is 33.0 Å². The zero-order valence-corrected chi connectivity index (χ0v) is 24.7. The summed E-state index contributed by atoms with van der Waals surface area (Å²) in [6.45, 7) is 0.593. The summed E-state index contributed by atoms with van der Waals surface area (Å²) in [7, 11) is 0. The van der Waals surface area contributed by atoms with E-state index in [0.717, 1.165) is 16.8 Å². The van der Waals surface area contributed by atoms with E-state index in [1.54, 1.807) is 36.7 Å². The maximum atomic E-state index is 12.6. The molecule has 1 heterocycles. The van der Waals surface area contributed by atoms with Crippen molar-refractivity contribution >= 4 is 52.8 Å². The first-order valence-electron chi connectivity index (χ1n) is 11.7. The molecule has 7 nitrogen and oxygen atoms in total. The number of aliphatic carboxylic acids is 1. The second kappa shape index (κ2) is 14.8. The predicted molar refractivity (Wildman–Crippen MR) is 151 cm³/mol. The van der Waals surface area contributed by atoms with E-state index in [9.17, 15) is 14.7 Å². The Morgan fingerprint density at radius 2 is 1.56 bits per heavy atom. The second-order valence-electron chi connectivity index (χ2n) is 8.31. The number of rotatable bonds is 10. The molecule has 4 rings (SSSR count). The maximum Gasteiger partial charge on any atom is 1.00 e. The summed E-state index contributed by atoms with van der Waals surface area (Å²) in [5, 5.41) is 12.4. The first-order valence-corrected chi connectivity index (χ1v) is 12.5. The molecule has 39 heavy (non-hydrogen) atoms. The largest absolute Gasteiger partial charge is 1.00 e. The summed E-state index contributed by atoms with van der Waals surface area (Å²) < 4.78 is 0. The van der Waals surface area contributed by atoms with Gasteiger partial charge in [0.2, 0.25) is 5.95 Å². The number of carbonyl (C=O) groups excluding carboxylic acids is 1. The van der Waals surface area contributed by atoms with Gasteiger partial charge in [-0.3, -0.25) is 4.79 Å². The van der Waals surface area contributed by atoms with E-state index in [2.05, 4.69) is 15.3 Å². The molecule has 0 aliphatic heterocycles. The molecule has 1 amide bonds. The van der Waals surface area contributed by atoms with Gasteiger partial charge in [-0.15, -0.1) is 0 Å². The third-order valence-corrected chi connectivity index (χ3v) is 6.29. The Morgan fingerprint density at radius 1 is 0.923 bits per heavy atom. The first kappa shape index (κ1) is 30.3. The van der Waals surface area contributed by atoms with Crippen LogP contribution in [0.2, 0.25) is 10.0 Å². The van der Waals surface area contributed by atoms with Crippen LogP contribution in [0.3, 0.4) is 0 Å². The molecule has 1 unspecified atom stereocenters. The Balaban J connectivity index is 0.00000280. The molecule has 2 N–H and O–H groups in total. The van der Waals surface area contributed by atoms with Gasteiger partial charge in [-0.2, -0.15) is 0 Å². The standard InChI is InChI=1S/C29H24Cl2N4O3.Na.H/c30-23-10-5-11-24(31)26(23)27(36)34-25(28(37)38)12-4-9-20-13-15-22(16-14-20)35(29-32-17-6-18-33-29)19-21-7-2-1-3-8-21;;/h1-11,13-18,25H,12,19H2,(H,34,36)(H,37,38);;/q;+1;-1/b9-4+;;. The maximum absolute atomic E-state index is 12.6. The Morgan fingerprint density at radius 3 is 2.18 bits per heavy atom. The molecule has 3 aromatic carbocycles. The minimum atomic E-state index is -1.17. The number of halogens is 2. The van der Waals surface area contributed by atoms with Crippen LogP contribution in [0.15, 0.2) is 97.3 Å². The molecular weight excluding hydrogens is 546 g/mol. The Hall–Kier alpha value is -3.20.